The molecule has 20 heavy (non-hydrogen) atoms. The Labute approximate surface area is 129 Å². The van der Waals surface area contributed by atoms with Gasteiger partial charge in [0.1, 0.15) is 6.10 Å². The van der Waals surface area contributed by atoms with E-state index < -0.39 is 0 Å². The summed E-state index contributed by atoms with van der Waals surface area (Å²) in [6.45, 7) is 1.24. The van der Waals surface area contributed by atoms with Crippen molar-refractivity contribution in [3.63, 3.8) is 0 Å². The topological polar surface area (TPSA) is 53.7 Å². The molecule has 6 heteroatoms. The number of fused-ring (bicyclic) bond motifs is 1. The van der Waals surface area contributed by atoms with Crippen LogP contribution in [-0.2, 0) is 11.3 Å². The molecule has 0 aliphatic carbocycles. The number of thiophene rings is 1. The fourth-order valence-electron chi connectivity index (χ4n) is 2.00. The highest BCUT2D eigenvalue weighted by molar-refractivity contribution is 9.11. The Morgan fingerprint density at radius 1 is 1.25 bits per heavy atom. The van der Waals surface area contributed by atoms with Crippen LogP contribution in [0.4, 0.5) is 0 Å². The maximum atomic E-state index is 5.90. The van der Waals surface area contributed by atoms with Gasteiger partial charge < -0.3 is 19.9 Å². The lowest BCUT2D eigenvalue weighted by atomic mass is 10.2. The van der Waals surface area contributed by atoms with E-state index in [2.05, 4.69) is 15.9 Å². The smallest absolute Gasteiger partial charge is 0.231 e. The van der Waals surface area contributed by atoms with Gasteiger partial charge in [0, 0.05) is 11.4 Å². The van der Waals surface area contributed by atoms with E-state index >= 15 is 0 Å². The van der Waals surface area contributed by atoms with Crippen molar-refractivity contribution in [2.24, 2.45) is 5.73 Å². The lowest BCUT2D eigenvalue weighted by Crippen LogP contribution is -2.14. The van der Waals surface area contributed by atoms with Crippen molar-refractivity contribution in [2.45, 2.75) is 12.7 Å². The van der Waals surface area contributed by atoms with Crippen molar-refractivity contribution in [1.29, 1.82) is 0 Å². The molecule has 1 atom stereocenters. The average molecular weight is 356 g/mol. The molecule has 0 saturated heterocycles. The molecule has 0 fully saturated rings. The van der Waals surface area contributed by atoms with E-state index in [1.54, 1.807) is 11.3 Å². The van der Waals surface area contributed by atoms with Gasteiger partial charge in [-0.05, 0) is 45.8 Å². The van der Waals surface area contributed by atoms with Crippen LogP contribution in [0.25, 0.3) is 0 Å². The number of halogens is 1. The van der Waals surface area contributed by atoms with Gasteiger partial charge in [0.2, 0.25) is 6.79 Å². The Bertz CT molecular complexity index is 602. The second-order valence-electron chi connectivity index (χ2n) is 4.36. The second kappa shape index (κ2) is 6.13. The molecule has 1 aromatic heterocycles. The highest BCUT2D eigenvalue weighted by atomic mass is 79.9. The molecular weight excluding hydrogens is 342 g/mol. The van der Waals surface area contributed by atoms with Gasteiger partial charge in [0.05, 0.1) is 10.4 Å². The molecule has 0 saturated carbocycles. The molecule has 2 aromatic rings. The fourth-order valence-corrected chi connectivity index (χ4v) is 3.48. The van der Waals surface area contributed by atoms with Crippen LogP contribution in [0.2, 0.25) is 0 Å². The number of hydrogen-bond acceptors (Lipinski definition) is 5. The minimum atomic E-state index is -0.0864. The Balaban J connectivity index is 1.66. The summed E-state index contributed by atoms with van der Waals surface area (Å²) in [5.74, 6) is 1.56. The minimum absolute atomic E-state index is 0.0864. The predicted octanol–water partition coefficient (Wildman–Crippen LogP) is 3.46. The van der Waals surface area contributed by atoms with E-state index in [0.717, 1.165) is 25.7 Å². The zero-order valence-corrected chi connectivity index (χ0v) is 13.1. The Morgan fingerprint density at radius 2 is 2.10 bits per heavy atom. The molecule has 0 spiro atoms. The van der Waals surface area contributed by atoms with Crippen molar-refractivity contribution < 1.29 is 14.2 Å². The molecule has 2 N–H and O–H groups in total. The summed E-state index contributed by atoms with van der Waals surface area (Å²) in [6.07, 6.45) is -0.0864. The third kappa shape index (κ3) is 2.98. The monoisotopic (exact) mass is 355 g/mol. The van der Waals surface area contributed by atoms with Gasteiger partial charge in [0.15, 0.2) is 11.5 Å². The Morgan fingerprint density at radius 3 is 2.85 bits per heavy atom. The summed E-state index contributed by atoms with van der Waals surface area (Å²) in [4.78, 5) is 1.13. The molecule has 106 valence electrons. The number of benzene rings is 1. The van der Waals surface area contributed by atoms with Crippen molar-refractivity contribution in [2.75, 3.05) is 13.3 Å². The lowest BCUT2D eigenvalue weighted by Gasteiger charge is -2.14. The van der Waals surface area contributed by atoms with E-state index in [1.807, 2.05) is 30.3 Å². The first-order valence-corrected chi connectivity index (χ1v) is 7.82. The number of ether oxygens (including phenoxy) is 3. The Hall–Kier alpha value is -1.08. The summed E-state index contributed by atoms with van der Waals surface area (Å²) >= 11 is 5.09. The highest BCUT2D eigenvalue weighted by Gasteiger charge is 2.15. The molecule has 1 aliphatic rings. The van der Waals surface area contributed by atoms with Gasteiger partial charge in [0.25, 0.3) is 0 Å². The summed E-state index contributed by atoms with van der Waals surface area (Å²) in [5, 5.41) is 0. The van der Waals surface area contributed by atoms with Crippen LogP contribution in [0.5, 0.6) is 11.5 Å². The van der Waals surface area contributed by atoms with Crippen LogP contribution in [0.1, 0.15) is 16.5 Å². The molecule has 3 rings (SSSR count). The number of rotatable bonds is 5. The van der Waals surface area contributed by atoms with Crippen molar-refractivity contribution in [3.05, 3.63) is 44.6 Å². The number of nitrogens with two attached hydrogens (primary N) is 1. The van der Waals surface area contributed by atoms with Crippen LogP contribution in [0.3, 0.4) is 0 Å². The molecular formula is C14H14BrNO3S. The van der Waals surface area contributed by atoms with Gasteiger partial charge in [-0.25, -0.2) is 0 Å². The Kier molecular flexibility index (Phi) is 4.26. The molecule has 0 radical (unpaired) electrons. The third-order valence-corrected chi connectivity index (χ3v) is 4.73. The van der Waals surface area contributed by atoms with E-state index in [9.17, 15) is 0 Å². The van der Waals surface area contributed by atoms with Gasteiger partial charge in [-0.15, -0.1) is 11.3 Å². The van der Waals surface area contributed by atoms with Crippen molar-refractivity contribution in [1.82, 2.24) is 0 Å². The van der Waals surface area contributed by atoms with Gasteiger partial charge in [-0.2, -0.15) is 0 Å². The molecule has 2 heterocycles. The average Bonchev–Trinajstić information content (AvgIpc) is 3.08. The largest absolute Gasteiger partial charge is 0.454 e. The first-order chi connectivity index (χ1) is 9.76. The summed E-state index contributed by atoms with van der Waals surface area (Å²) in [7, 11) is 0. The van der Waals surface area contributed by atoms with Crippen molar-refractivity contribution in [3.8, 4) is 11.5 Å². The molecule has 1 aliphatic heterocycles. The normalized spacial score (nSPS) is 14.5. The maximum absolute atomic E-state index is 5.90. The van der Waals surface area contributed by atoms with Crippen LogP contribution in [-0.4, -0.2) is 13.3 Å². The lowest BCUT2D eigenvalue weighted by molar-refractivity contribution is 0.0479. The van der Waals surface area contributed by atoms with Crippen molar-refractivity contribution >= 4 is 27.3 Å². The van der Waals surface area contributed by atoms with Crippen LogP contribution < -0.4 is 15.2 Å². The quantitative estimate of drug-likeness (QED) is 0.892. The standard InChI is InChI=1S/C14H14BrNO3S/c15-14-4-3-13(20-14)12(6-16)17-7-9-1-2-10-11(5-9)19-8-18-10/h1-5,12H,6-8,16H2. The molecule has 0 amide bonds. The first kappa shape index (κ1) is 13.9. The summed E-state index contributed by atoms with van der Waals surface area (Å²) in [5.41, 5.74) is 6.83. The molecule has 1 unspecified atom stereocenters. The molecule has 0 bridgehead atoms. The van der Waals surface area contributed by atoms with Crippen LogP contribution in [0.15, 0.2) is 34.1 Å². The number of hydrogen-bond donors (Lipinski definition) is 1. The minimum Gasteiger partial charge on any atom is -0.454 e. The third-order valence-electron chi connectivity index (χ3n) is 3.01. The summed E-state index contributed by atoms with van der Waals surface area (Å²) in [6, 6.07) is 9.87. The predicted molar refractivity (Wildman–Crippen MR) is 81.2 cm³/mol. The van der Waals surface area contributed by atoms with Gasteiger partial charge >= 0.3 is 0 Å². The van der Waals surface area contributed by atoms with E-state index in [0.29, 0.717) is 13.2 Å². The molecule has 4 nitrogen and oxygen atoms in total. The van der Waals surface area contributed by atoms with E-state index in [-0.39, 0.29) is 12.9 Å². The van der Waals surface area contributed by atoms with E-state index in [1.165, 1.54) is 0 Å². The van der Waals surface area contributed by atoms with E-state index in [4.69, 9.17) is 19.9 Å². The zero-order valence-electron chi connectivity index (χ0n) is 10.7. The SMILES string of the molecule is NCC(OCc1ccc2c(c1)OCO2)c1ccc(Br)s1. The van der Waals surface area contributed by atoms with Crippen LogP contribution in [0, 0.1) is 0 Å². The van der Waals surface area contributed by atoms with Gasteiger partial charge in [-0.1, -0.05) is 6.07 Å². The highest BCUT2D eigenvalue weighted by Crippen LogP contribution is 2.34. The van der Waals surface area contributed by atoms with Gasteiger partial charge in [-0.3, -0.25) is 0 Å². The summed E-state index contributed by atoms with van der Waals surface area (Å²) < 4.78 is 17.6. The fraction of sp³-hybridized carbons (Fsp3) is 0.286. The zero-order chi connectivity index (χ0) is 13.9. The first-order valence-electron chi connectivity index (χ1n) is 6.21. The molecule has 1 aromatic carbocycles. The maximum Gasteiger partial charge on any atom is 0.231 e. The second-order valence-corrected chi connectivity index (χ2v) is 6.86. The van der Waals surface area contributed by atoms with Crippen LogP contribution >= 0.6 is 27.3 Å².